The predicted molar refractivity (Wildman–Crippen MR) is 100 cm³/mol. The minimum atomic E-state index is -0.290. The average Bonchev–Trinajstić information content (AvgIpc) is 2.77. The zero-order chi connectivity index (χ0) is 19.8. The Morgan fingerprint density at radius 3 is 2.14 bits per heavy atom. The molecule has 148 valence electrons. The van der Waals surface area contributed by atoms with Crippen molar-refractivity contribution in [3.8, 4) is 11.8 Å². The number of carbonyl (C=O) groups excluding carboxylic acids is 2. The van der Waals surface area contributed by atoms with Crippen LogP contribution in [0.15, 0.2) is 29.8 Å². The molecule has 8 heteroatoms. The van der Waals surface area contributed by atoms with Crippen LogP contribution in [0.3, 0.4) is 0 Å². The van der Waals surface area contributed by atoms with Gasteiger partial charge in [0, 0.05) is 26.2 Å². The number of hydrogen-bond donors (Lipinski definition) is 0. The fourth-order valence-electron chi connectivity index (χ4n) is 2.95. The quantitative estimate of drug-likeness (QED) is 0.547. The minimum absolute atomic E-state index is 0.0336. The van der Waals surface area contributed by atoms with Gasteiger partial charge >= 0.3 is 0 Å². The lowest BCUT2D eigenvalue weighted by atomic mass is 10.1. The first-order valence-corrected chi connectivity index (χ1v) is 9.24. The van der Waals surface area contributed by atoms with E-state index in [1.54, 1.807) is 40.1 Å². The predicted octanol–water partition coefficient (Wildman–Crippen LogP) is 0.690. The normalized spacial score (nSPS) is 17.8. The largest absolute Gasteiger partial charge is 0.484 e. The fraction of sp³-hybridized carbons (Fsp3) is 0.450. The Balaban J connectivity index is 1.56. The van der Waals surface area contributed by atoms with Crippen LogP contribution in [0, 0.1) is 11.3 Å². The van der Waals surface area contributed by atoms with E-state index in [-0.39, 0.29) is 24.0 Å². The number of hydrogen-bond acceptors (Lipinski definition) is 6. The zero-order valence-corrected chi connectivity index (χ0v) is 15.6. The molecular formula is C20H23N3O5. The van der Waals surface area contributed by atoms with Crippen LogP contribution in [0.25, 0.3) is 6.08 Å². The molecule has 0 N–H and O–H groups in total. The number of nitriles is 1. The summed E-state index contributed by atoms with van der Waals surface area (Å²) in [4.78, 5) is 27.9. The lowest BCUT2D eigenvalue weighted by molar-refractivity contribution is -0.137. The highest BCUT2D eigenvalue weighted by Crippen LogP contribution is 2.16. The third kappa shape index (κ3) is 5.31. The number of benzene rings is 1. The van der Waals surface area contributed by atoms with Gasteiger partial charge in [0.15, 0.2) is 6.61 Å². The lowest BCUT2D eigenvalue weighted by Gasteiger charge is -2.26. The molecule has 8 nitrogen and oxygen atoms in total. The Bertz CT molecular complexity index is 757. The van der Waals surface area contributed by atoms with Gasteiger partial charge in [0.05, 0.1) is 26.4 Å². The molecular weight excluding hydrogens is 362 g/mol. The number of nitrogens with zero attached hydrogens (tertiary/aromatic N) is 3. The Morgan fingerprint density at radius 1 is 1.00 bits per heavy atom. The zero-order valence-electron chi connectivity index (χ0n) is 15.6. The van der Waals surface area contributed by atoms with Crippen LogP contribution in [0.4, 0.5) is 0 Å². The minimum Gasteiger partial charge on any atom is -0.484 e. The second-order valence-corrected chi connectivity index (χ2v) is 6.43. The van der Waals surface area contributed by atoms with Crippen molar-refractivity contribution in [2.45, 2.75) is 0 Å². The first-order chi connectivity index (χ1) is 13.7. The summed E-state index contributed by atoms with van der Waals surface area (Å²) in [7, 11) is 0. The van der Waals surface area contributed by atoms with Gasteiger partial charge in [-0.25, -0.2) is 0 Å². The number of morpholine rings is 2. The SMILES string of the molecule is N#C/C(=C/c1ccc(OCC(=O)N2CCOCC2)cc1)C(=O)N1CCOCC1. The summed E-state index contributed by atoms with van der Waals surface area (Å²) in [6, 6.07) is 8.90. The van der Waals surface area contributed by atoms with E-state index in [4.69, 9.17) is 14.2 Å². The van der Waals surface area contributed by atoms with E-state index in [9.17, 15) is 14.9 Å². The molecule has 0 saturated carbocycles. The second kappa shape index (κ2) is 9.88. The van der Waals surface area contributed by atoms with Crippen LogP contribution in [0.5, 0.6) is 5.75 Å². The van der Waals surface area contributed by atoms with Crippen molar-refractivity contribution in [2.24, 2.45) is 0 Å². The van der Waals surface area contributed by atoms with Crippen LogP contribution >= 0.6 is 0 Å². The Labute approximate surface area is 163 Å². The third-order valence-corrected chi connectivity index (χ3v) is 4.57. The summed E-state index contributed by atoms with van der Waals surface area (Å²) in [6.07, 6.45) is 1.56. The number of amides is 2. The van der Waals surface area contributed by atoms with E-state index in [1.165, 1.54) is 0 Å². The van der Waals surface area contributed by atoms with Gasteiger partial charge in [-0.15, -0.1) is 0 Å². The Hall–Kier alpha value is -2.89. The van der Waals surface area contributed by atoms with Crippen LogP contribution < -0.4 is 4.74 Å². The van der Waals surface area contributed by atoms with Crippen molar-refractivity contribution < 1.29 is 23.8 Å². The van der Waals surface area contributed by atoms with Gasteiger partial charge in [0.25, 0.3) is 11.8 Å². The van der Waals surface area contributed by atoms with Gasteiger partial charge in [-0.1, -0.05) is 12.1 Å². The highest BCUT2D eigenvalue weighted by molar-refractivity contribution is 6.01. The monoisotopic (exact) mass is 385 g/mol. The van der Waals surface area contributed by atoms with Crippen molar-refractivity contribution in [3.05, 3.63) is 35.4 Å². The topological polar surface area (TPSA) is 92.1 Å². The molecule has 0 spiro atoms. The van der Waals surface area contributed by atoms with E-state index < -0.39 is 0 Å². The van der Waals surface area contributed by atoms with E-state index >= 15 is 0 Å². The van der Waals surface area contributed by atoms with Gasteiger partial charge < -0.3 is 24.0 Å². The average molecular weight is 385 g/mol. The summed E-state index contributed by atoms with van der Waals surface area (Å²) < 4.78 is 16.0. The van der Waals surface area contributed by atoms with Crippen LogP contribution in [0.2, 0.25) is 0 Å². The molecule has 2 amide bonds. The molecule has 3 rings (SSSR count). The van der Waals surface area contributed by atoms with Crippen LogP contribution in [0.1, 0.15) is 5.56 Å². The highest BCUT2D eigenvalue weighted by atomic mass is 16.5. The number of rotatable bonds is 5. The Kier molecular flexibility index (Phi) is 7.00. The van der Waals surface area contributed by atoms with Gasteiger partial charge in [-0.3, -0.25) is 9.59 Å². The van der Waals surface area contributed by atoms with Gasteiger partial charge in [0.2, 0.25) is 0 Å². The van der Waals surface area contributed by atoms with Crippen LogP contribution in [-0.4, -0.2) is 80.8 Å². The molecule has 2 aliphatic heterocycles. The first kappa shape index (κ1) is 19.9. The molecule has 2 heterocycles. The summed E-state index contributed by atoms with van der Waals surface area (Å²) in [5.74, 6) is 0.189. The molecule has 2 saturated heterocycles. The summed E-state index contributed by atoms with van der Waals surface area (Å²) in [5.41, 5.74) is 0.795. The van der Waals surface area contributed by atoms with Crippen molar-refractivity contribution >= 4 is 17.9 Å². The van der Waals surface area contributed by atoms with Gasteiger partial charge in [-0.05, 0) is 23.8 Å². The van der Waals surface area contributed by atoms with E-state index in [0.717, 1.165) is 0 Å². The smallest absolute Gasteiger partial charge is 0.264 e. The molecule has 1 aromatic rings. The summed E-state index contributed by atoms with van der Waals surface area (Å²) >= 11 is 0. The van der Waals surface area contributed by atoms with E-state index in [1.807, 2.05) is 6.07 Å². The van der Waals surface area contributed by atoms with E-state index in [2.05, 4.69) is 0 Å². The molecule has 0 radical (unpaired) electrons. The maximum Gasteiger partial charge on any atom is 0.264 e. The second-order valence-electron chi connectivity index (χ2n) is 6.43. The van der Waals surface area contributed by atoms with Crippen molar-refractivity contribution in [3.63, 3.8) is 0 Å². The molecule has 0 aliphatic carbocycles. The lowest BCUT2D eigenvalue weighted by Crippen LogP contribution is -2.42. The van der Waals surface area contributed by atoms with Gasteiger partial charge in [0.1, 0.15) is 17.4 Å². The molecule has 2 fully saturated rings. The first-order valence-electron chi connectivity index (χ1n) is 9.24. The third-order valence-electron chi connectivity index (χ3n) is 4.57. The molecule has 0 unspecified atom stereocenters. The van der Waals surface area contributed by atoms with E-state index in [0.29, 0.717) is 63.9 Å². The fourth-order valence-corrected chi connectivity index (χ4v) is 2.95. The maximum atomic E-state index is 12.4. The van der Waals surface area contributed by atoms with Gasteiger partial charge in [-0.2, -0.15) is 5.26 Å². The Morgan fingerprint density at radius 2 is 1.57 bits per heavy atom. The maximum absolute atomic E-state index is 12.4. The highest BCUT2D eigenvalue weighted by Gasteiger charge is 2.20. The number of ether oxygens (including phenoxy) is 3. The standard InChI is InChI=1S/C20H23N3O5/c21-14-17(20(25)23-7-11-27-12-8-23)13-16-1-3-18(4-2-16)28-15-19(24)22-5-9-26-10-6-22/h1-4,13H,5-12,15H2/b17-13-. The molecule has 28 heavy (non-hydrogen) atoms. The van der Waals surface area contributed by atoms with Crippen molar-refractivity contribution in [1.82, 2.24) is 9.80 Å². The molecule has 0 bridgehead atoms. The number of carbonyl (C=O) groups is 2. The van der Waals surface area contributed by atoms with Crippen molar-refractivity contribution in [1.29, 1.82) is 5.26 Å². The molecule has 0 aromatic heterocycles. The van der Waals surface area contributed by atoms with Crippen molar-refractivity contribution in [2.75, 3.05) is 59.2 Å². The summed E-state index contributed by atoms with van der Waals surface area (Å²) in [6.45, 7) is 4.19. The molecule has 0 atom stereocenters. The summed E-state index contributed by atoms with van der Waals surface area (Å²) in [5, 5.41) is 9.34. The molecule has 1 aromatic carbocycles. The molecule has 2 aliphatic rings. The van der Waals surface area contributed by atoms with Crippen LogP contribution in [-0.2, 0) is 19.1 Å².